The Bertz CT molecular complexity index is 1020. The number of pyridine rings is 1. The Kier molecular flexibility index (Phi) is 9.55. The van der Waals surface area contributed by atoms with Gasteiger partial charge in [-0.1, -0.05) is 43.3 Å². The molecule has 0 aliphatic heterocycles. The van der Waals surface area contributed by atoms with Gasteiger partial charge in [0.15, 0.2) is 0 Å². The fourth-order valence-corrected chi connectivity index (χ4v) is 3.17. The highest BCUT2D eigenvalue weighted by atomic mass is 35.5. The molecule has 0 aliphatic carbocycles. The Balaban J connectivity index is 0.00000243. The molecule has 1 amide bonds. The van der Waals surface area contributed by atoms with Crippen molar-refractivity contribution < 1.29 is 9.90 Å². The van der Waals surface area contributed by atoms with Crippen LogP contribution >= 0.6 is 36.4 Å². The lowest BCUT2D eigenvalue weighted by Crippen LogP contribution is -2.36. The molecule has 3 aromatic rings. The van der Waals surface area contributed by atoms with E-state index in [1.165, 1.54) is 9.47 Å². The number of amides is 1. The van der Waals surface area contributed by atoms with E-state index in [0.29, 0.717) is 23.1 Å². The van der Waals surface area contributed by atoms with Gasteiger partial charge in [0, 0.05) is 19.3 Å². The van der Waals surface area contributed by atoms with Gasteiger partial charge in [-0.3, -0.25) is 9.59 Å². The highest BCUT2D eigenvalue weighted by Gasteiger charge is 2.26. The second-order valence-electron chi connectivity index (χ2n) is 5.61. The summed E-state index contributed by atoms with van der Waals surface area (Å²) in [5, 5.41) is 11.2. The fraction of sp³-hybridized carbons (Fsp3) is 0.200. The highest BCUT2D eigenvalue weighted by molar-refractivity contribution is 6.36. The summed E-state index contributed by atoms with van der Waals surface area (Å²) in [6.45, 7) is 2.16. The van der Waals surface area contributed by atoms with Crippen LogP contribution in [0.25, 0.3) is 10.9 Å². The normalized spacial score (nSPS) is 9.68. The summed E-state index contributed by atoms with van der Waals surface area (Å²) in [5.74, 6) is -0.947. The van der Waals surface area contributed by atoms with Gasteiger partial charge >= 0.3 is 0 Å². The minimum absolute atomic E-state index is 0. The maximum absolute atomic E-state index is 13.0. The molecule has 28 heavy (non-hydrogen) atoms. The molecule has 1 heterocycles. The molecule has 152 valence electrons. The van der Waals surface area contributed by atoms with E-state index in [9.17, 15) is 14.7 Å². The SMILES string of the molecule is C.CCN(C(=O)c1c(O)c2c(Cl)cccc2n(C)c1=O)c1ccccc1.Cl.Cl. The van der Waals surface area contributed by atoms with Crippen molar-refractivity contribution >= 4 is 58.9 Å². The molecule has 0 atom stereocenters. The number of halogens is 3. The van der Waals surface area contributed by atoms with E-state index in [0.717, 1.165) is 0 Å². The van der Waals surface area contributed by atoms with Gasteiger partial charge in [-0.15, -0.1) is 24.8 Å². The summed E-state index contributed by atoms with van der Waals surface area (Å²) < 4.78 is 1.33. The van der Waals surface area contributed by atoms with Crippen molar-refractivity contribution in [2.75, 3.05) is 11.4 Å². The number of fused-ring (bicyclic) bond motifs is 1. The van der Waals surface area contributed by atoms with E-state index in [2.05, 4.69) is 0 Å². The standard InChI is InChI=1S/C19H17ClN2O3.CH4.2ClH/c1-3-22(12-8-5-4-6-9-12)19(25)16-17(23)15-13(20)10-7-11-14(15)21(2)18(16)24;;;/h4-11,23H,3H2,1-2H3;1H4;2*1H. The number of para-hydroxylation sites is 1. The van der Waals surface area contributed by atoms with Gasteiger partial charge in [0.05, 0.1) is 15.9 Å². The minimum atomic E-state index is -0.563. The summed E-state index contributed by atoms with van der Waals surface area (Å²) in [7, 11) is 1.55. The van der Waals surface area contributed by atoms with Gasteiger partial charge in [-0.2, -0.15) is 0 Å². The number of hydrogen-bond acceptors (Lipinski definition) is 3. The highest BCUT2D eigenvalue weighted by Crippen LogP contribution is 2.33. The smallest absolute Gasteiger partial charge is 0.267 e. The van der Waals surface area contributed by atoms with E-state index in [1.807, 2.05) is 6.07 Å². The molecule has 5 nitrogen and oxygen atoms in total. The maximum Gasteiger partial charge on any atom is 0.267 e. The first-order chi connectivity index (χ1) is 12.0. The largest absolute Gasteiger partial charge is 0.506 e. The van der Waals surface area contributed by atoms with Crippen LogP contribution in [0, 0.1) is 0 Å². The number of carbonyl (C=O) groups is 1. The Morgan fingerprint density at radius 1 is 1.11 bits per heavy atom. The van der Waals surface area contributed by atoms with Gasteiger partial charge in [0.25, 0.3) is 11.5 Å². The van der Waals surface area contributed by atoms with Gasteiger partial charge in [0.2, 0.25) is 0 Å². The summed E-state index contributed by atoms with van der Waals surface area (Å²) in [6.07, 6.45) is 0. The van der Waals surface area contributed by atoms with Crippen molar-refractivity contribution in [3.05, 3.63) is 69.5 Å². The number of nitrogens with zero attached hydrogens (tertiary/aromatic N) is 2. The number of aryl methyl sites for hydroxylation is 1. The van der Waals surface area contributed by atoms with Crippen molar-refractivity contribution in [3.8, 4) is 5.75 Å². The Morgan fingerprint density at radius 2 is 1.71 bits per heavy atom. The zero-order chi connectivity index (χ0) is 18.1. The van der Waals surface area contributed by atoms with Gasteiger partial charge in [0.1, 0.15) is 11.3 Å². The third-order valence-electron chi connectivity index (χ3n) is 4.19. The molecule has 0 saturated heterocycles. The van der Waals surface area contributed by atoms with Crippen LogP contribution in [-0.2, 0) is 7.05 Å². The van der Waals surface area contributed by atoms with E-state index in [-0.39, 0.29) is 48.6 Å². The number of aromatic hydroxyl groups is 1. The van der Waals surface area contributed by atoms with Crippen molar-refractivity contribution in [2.24, 2.45) is 7.05 Å². The maximum atomic E-state index is 13.0. The zero-order valence-corrected chi connectivity index (χ0v) is 17.1. The molecule has 1 N–H and O–H groups in total. The van der Waals surface area contributed by atoms with E-state index >= 15 is 0 Å². The number of hydrogen-bond donors (Lipinski definition) is 1. The molecule has 0 fully saturated rings. The quantitative estimate of drug-likeness (QED) is 0.614. The fourth-order valence-electron chi connectivity index (χ4n) is 2.91. The molecule has 0 unspecified atom stereocenters. The number of anilines is 1. The molecule has 0 spiro atoms. The lowest BCUT2D eigenvalue weighted by atomic mass is 10.1. The van der Waals surface area contributed by atoms with Crippen molar-refractivity contribution in [2.45, 2.75) is 14.4 Å². The van der Waals surface area contributed by atoms with Crippen LogP contribution in [0.2, 0.25) is 5.02 Å². The summed E-state index contributed by atoms with van der Waals surface area (Å²) >= 11 is 6.19. The van der Waals surface area contributed by atoms with E-state index in [1.54, 1.807) is 56.4 Å². The summed E-state index contributed by atoms with van der Waals surface area (Å²) in [4.78, 5) is 27.2. The van der Waals surface area contributed by atoms with Crippen molar-refractivity contribution in [1.29, 1.82) is 0 Å². The first kappa shape index (κ1) is 25.8. The molecule has 2 aromatic carbocycles. The van der Waals surface area contributed by atoms with Crippen LogP contribution in [0.15, 0.2) is 53.3 Å². The summed E-state index contributed by atoms with van der Waals surface area (Å²) in [6, 6.07) is 14.0. The predicted molar refractivity (Wildman–Crippen MR) is 121 cm³/mol. The van der Waals surface area contributed by atoms with E-state index < -0.39 is 11.5 Å². The molecule has 0 radical (unpaired) electrons. The van der Waals surface area contributed by atoms with Crippen LogP contribution in [0.4, 0.5) is 5.69 Å². The third kappa shape index (κ3) is 4.27. The molecule has 3 rings (SSSR count). The predicted octanol–water partition coefficient (Wildman–Crippen LogP) is 5.04. The summed E-state index contributed by atoms with van der Waals surface area (Å²) in [5.41, 5.74) is 0.269. The van der Waals surface area contributed by atoms with Gasteiger partial charge < -0.3 is 14.6 Å². The molecule has 0 saturated carbocycles. The molecular weight excluding hydrogens is 423 g/mol. The number of carbonyl (C=O) groups excluding carboxylic acids is 1. The monoisotopic (exact) mass is 444 g/mol. The molecule has 1 aromatic heterocycles. The lowest BCUT2D eigenvalue weighted by molar-refractivity contribution is 0.0984. The molecule has 0 bridgehead atoms. The molecule has 0 aliphatic rings. The third-order valence-corrected chi connectivity index (χ3v) is 4.50. The van der Waals surface area contributed by atoms with Crippen LogP contribution in [-0.4, -0.2) is 22.1 Å². The average Bonchev–Trinajstić information content (AvgIpc) is 2.61. The van der Waals surface area contributed by atoms with Crippen LogP contribution in [0.1, 0.15) is 24.7 Å². The van der Waals surface area contributed by atoms with E-state index in [4.69, 9.17) is 11.6 Å². The number of benzene rings is 2. The lowest BCUT2D eigenvalue weighted by Gasteiger charge is -2.22. The Morgan fingerprint density at radius 3 is 2.29 bits per heavy atom. The number of aromatic nitrogens is 1. The van der Waals surface area contributed by atoms with Crippen molar-refractivity contribution in [3.63, 3.8) is 0 Å². The topological polar surface area (TPSA) is 62.5 Å². The first-order valence-electron chi connectivity index (χ1n) is 7.84. The second kappa shape index (κ2) is 10.4. The Hall–Kier alpha value is -2.21. The first-order valence-corrected chi connectivity index (χ1v) is 8.22. The van der Waals surface area contributed by atoms with Crippen molar-refractivity contribution in [1.82, 2.24) is 4.57 Å². The van der Waals surface area contributed by atoms with Crippen LogP contribution < -0.4 is 10.5 Å². The van der Waals surface area contributed by atoms with Gasteiger partial charge in [-0.05, 0) is 31.2 Å². The minimum Gasteiger partial charge on any atom is -0.506 e. The zero-order valence-electron chi connectivity index (χ0n) is 14.7. The van der Waals surface area contributed by atoms with Crippen LogP contribution in [0.5, 0.6) is 5.75 Å². The Labute approximate surface area is 181 Å². The number of rotatable bonds is 3. The second-order valence-corrected chi connectivity index (χ2v) is 6.01. The average molecular weight is 446 g/mol. The van der Waals surface area contributed by atoms with Crippen LogP contribution in [0.3, 0.4) is 0 Å². The van der Waals surface area contributed by atoms with Gasteiger partial charge in [-0.25, -0.2) is 0 Å². The molecule has 8 heteroatoms. The molecular formula is C20H23Cl3N2O3.